The summed E-state index contributed by atoms with van der Waals surface area (Å²) in [5.74, 6) is -1.36. The number of amides is 2. The van der Waals surface area contributed by atoms with Crippen molar-refractivity contribution in [2.75, 3.05) is 24.6 Å². The summed E-state index contributed by atoms with van der Waals surface area (Å²) in [5.41, 5.74) is 0. The number of hydrogen-bond donors (Lipinski definition) is 2. The number of hydrogen-bond acceptors (Lipinski definition) is 8. The van der Waals surface area contributed by atoms with Crippen molar-refractivity contribution < 1.29 is 35.5 Å². The number of nitrogens with one attached hydrogen (secondary N) is 2. The minimum Gasteiger partial charge on any atom is -0.748 e. The quantitative estimate of drug-likeness (QED) is 0.217. The maximum absolute atomic E-state index is 10.9. The van der Waals surface area contributed by atoms with E-state index in [-0.39, 0.29) is 95.1 Å². The average molecular weight is 504 g/mol. The van der Waals surface area contributed by atoms with Gasteiger partial charge in [-0.05, 0) is 12.8 Å². The maximum atomic E-state index is 10.9. The maximum Gasteiger partial charge on any atom is 2.00 e. The molecule has 13 heteroatoms. The molecule has 0 aliphatic carbocycles. The first-order chi connectivity index (χ1) is 11.7. The molecule has 0 rings (SSSR count). The molecule has 27 heavy (non-hydrogen) atoms. The summed E-state index contributed by atoms with van der Waals surface area (Å²) in [5, 5.41) is 5.02. The van der Waals surface area contributed by atoms with Gasteiger partial charge in [0.05, 0.1) is 20.2 Å². The van der Waals surface area contributed by atoms with E-state index in [1.807, 2.05) is 0 Å². The van der Waals surface area contributed by atoms with Crippen LogP contribution in [0, 0.1) is 11.8 Å². The van der Waals surface area contributed by atoms with E-state index in [2.05, 4.69) is 10.6 Å². The fourth-order valence-electron chi connectivity index (χ4n) is 1.33. The molecule has 0 fully saturated rings. The molecule has 0 saturated carbocycles. The van der Waals surface area contributed by atoms with Crippen LogP contribution in [0.2, 0.25) is 0 Å². The third-order valence-corrected chi connectivity index (χ3v) is 4.37. The SMILES string of the molecule is CC(C)C(=O)NCCCS(=O)(=O)[O-].CC(C)C(=O)NCCCS(=O)(=O)[O-].[Sr+2]. The molecule has 0 radical (unpaired) electrons. The van der Waals surface area contributed by atoms with Gasteiger partial charge in [-0.2, -0.15) is 0 Å². The van der Waals surface area contributed by atoms with Gasteiger partial charge in [-0.15, -0.1) is 0 Å². The average Bonchev–Trinajstić information content (AvgIpc) is 2.46. The molecule has 0 aliphatic rings. The van der Waals surface area contributed by atoms with Crippen LogP contribution in [0.25, 0.3) is 0 Å². The van der Waals surface area contributed by atoms with Crippen LogP contribution in [0.1, 0.15) is 40.5 Å². The van der Waals surface area contributed by atoms with Crippen LogP contribution in [-0.2, 0) is 29.8 Å². The van der Waals surface area contributed by atoms with Crippen LogP contribution in [0.4, 0.5) is 0 Å². The Morgan fingerprint density at radius 2 is 1.00 bits per heavy atom. The topological polar surface area (TPSA) is 173 Å². The van der Waals surface area contributed by atoms with Gasteiger partial charge >= 0.3 is 45.5 Å². The summed E-state index contributed by atoms with van der Waals surface area (Å²) < 4.78 is 60.8. The zero-order chi connectivity index (χ0) is 21.0. The molecule has 0 bridgehead atoms. The Labute approximate surface area is 199 Å². The second-order valence-electron chi connectivity index (χ2n) is 6.12. The summed E-state index contributed by atoms with van der Waals surface area (Å²) in [6.45, 7) is 7.41. The monoisotopic (exact) mass is 504 g/mol. The normalized spacial score (nSPS) is 11.3. The van der Waals surface area contributed by atoms with Gasteiger partial charge in [0, 0.05) is 36.4 Å². The van der Waals surface area contributed by atoms with E-state index in [0.29, 0.717) is 0 Å². The third kappa shape index (κ3) is 26.2. The van der Waals surface area contributed by atoms with Crippen LogP contribution in [-0.4, -0.2) is 108 Å². The van der Waals surface area contributed by atoms with Crippen molar-refractivity contribution in [3.8, 4) is 0 Å². The predicted octanol–water partition coefficient (Wildman–Crippen LogP) is -0.993. The number of rotatable bonds is 10. The van der Waals surface area contributed by atoms with Gasteiger partial charge in [0.1, 0.15) is 0 Å². The van der Waals surface area contributed by atoms with Gasteiger partial charge in [0.2, 0.25) is 11.8 Å². The van der Waals surface area contributed by atoms with E-state index in [4.69, 9.17) is 0 Å². The summed E-state index contributed by atoms with van der Waals surface area (Å²) in [7, 11) is -8.29. The standard InChI is InChI=1S/2C7H15NO4S.Sr/c2*1-6(2)7(9)8-4-3-5-13(10,11)12;/h2*6H,3-5H2,1-2H3,(H,8,9)(H,10,11,12);/q;;+2/p-2. The Kier molecular flexibility index (Phi) is 19.0. The van der Waals surface area contributed by atoms with E-state index >= 15 is 0 Å². The smallest absolute Gasteiger partial charge is 0.748 e. The molecule has 0 heterocycles. The van der Waals surface area contributed by atoms with Crippen molar-refractivity contribution in [1.29, 1.82) is 0 Å². The molecular formula is C14H28N2O8S2Sr. The zero-order valence-corrected chi connectivity index (χ0v) is 21.3. The second-order valence-corrected chi connectivity index (χ2v) is 9.17. The molecule has 2 amide bonds. The number of carbonyl (C=O) groups excluding carboxylic acids is 2. The van der Waals surface area contributed by atoms with E-state index in [1.165, 1.54) is 0 Å². The summed E-state index contributed by atoms with van der Waals surface area (Å²) in [6.07, 6.45) is 0.342. The fourth-order valence-corrected chi connectivity index (χ4v) is 2.33. The Hall–Kier alpha value is 0.241. The van der Waals surface area contributed by atoms with Gasteiger partial charge in [0.15, 0.2) is 0 Å². The van der Waals surface area contributed by atoms with Gasteiger partial charge < -0.3 is 19.7 Å². The van der Waals surface area contributed by atoms with Crippen LogP contribution in [0.5, 0.6) is 0 Å². The molecule has 0 unspecified atom stereocenters. The van der Waals surface area contributed by atoms with Crippen LogP contribution in [0.15, 0.2) is 0 Å². The van der Waals surface area contributed by atoms with Crippen molar-refractivity contribution in [2.24, 2.45) is 11.8 Å². The summed E-state index contributed by atoms with van der Waals surface area (Å²) in [4.78, 5) is 21.9. The third-order valence-electron chi connectivity index (χ3n) is 2.79. The van der Waals surface area contributed by atoms with Crippen molar-refractivity contribution in [3.05, 3.63) is 0 Å². The summed E-state index contributed by atoms with van der Waals surface area (Å²) >= 11 is 0. The second kappa shape index (κ2) is 16.1. The van der Waals surface area contributed by atoms with E-state index in [0.717, 1.165) is 0 Å². The zero-order valence-electron chi connectivity index (χ0n) is 16.2. The molecule has 10 nitrogen and oxygen atoms in total. The molecule has 0 aromatic heterocycles. The molecule has 0 aromatic carbocycles. The van der Waals surface area contributed by atoms with Gasteiger partial charge in [-0.3, -0.25) is 9.59 Å². The first-order valence-corrected chi connectivity index (χ1v) is 11.2. The van der Waals surface area contributed by atoms with Crippen molar-refractivity contribution >= 4 is 77.5 Å². The fraction of sp³-hybridized carbons (Fsp3) is 0.857. The minimum absolute atomic E-state index is 0. The predicted molar refractivity (Wildman–Crippen MR) is 99.8 cm³/mol. The van der Waals surface area contributed by atoms with Crippen LogP contribution in [0.3, 0.4) is 0 Å². The van der Waals surface area contributed by atoms with Crippen molar-refractivity contribution in [1.82, 2.24) is 10.6 Å². The van der Waals surface area contributed by atoms with Gasteiger partial charge in [-0.1, -0.05) is 27.7 Å². The van der Waals surface area contributed by atoms with Crippen molar-refractivity contribution in [2.45, 2.75) is 40.5 Å². The van der Waals surface area contributed by atoms with Crippen LogP contribution >= 0.6 is 0 Å². The Balaban J connectivity index is -0.000000411. The van der Waals surface area contributed by atoms with Gasteiger partial charge in [-0.25, -0.2) is 16.8 Å². The molecule has 2 N–H and O–H groups in total. The van der Waals surface area contributed by atoms with Gasteiger partial charge in [0.25, 0.3) is 0 Å². The summed E-state index contributed by atoms with van der Waals surface area (Å²) in [6, 6.07) is 0. The van der Waals surface area contributed by atoms with E-state index < -0.39 is 31.7 Å². The molecule has 0 atom stereocenters. The van der Waals surface area contributed by atoms with Crippen LogP contribution < -0.4 is 10.6 Å². The minimum atomic E-state index is -4.14. The Morgan fingerprint density at radius 1 is 0.741 bits per heavy atom. The first-order valence-electron chi connectivity index (χ1n) is 8.08. The molecule has 156 valence electrons. The van der Waals surface area contributed by atoms with E-state index in [9.17, 15) is 35.5 Å². The molecule has 0 saturated heterocycles. The number of carbonyl (C=O) groups is 2. The molecular weight excluding hydrogens is 476 g/mol. The Bertz CT molecular complexity index is 578. The van der Waals surface area contributed by atoms with E-state index in [1.54, 1.807) is 27.7 Å². The first kappa shape index (κ1) is 31.9. The largest absolute Gasteiger partial charge is 2.00 e. The molecule has 0 aliphatic heterocycles. The molecule has 0 aromatic rings. The van der Waals surface area contributed by atoms with Crippen molar-refractivity contribution in [3.63, 3.8) is 0 Å². The molecule has 0 spiro atoms. The Morgan fingerprint density at radius 3 is 1.19 bits per heavy atom.